The van der Waals surface area contributed by atoms with Crippen molar-refractivity contribution < 1.29 is 13.2 Å². The van der Waals surface area contributed by atoms with Crippen LogP contribution in [0.3, 0.4) is 0 Å². The summed E-state index contributed by atoms with van der Waals surface area (Å²) in [4.78, 5) is 25.1. The molecule has 1 aliphatic heterocycles. The van der Waals surface area contributed by atoms with Crippen LogP contribution in [0.4, 0.5) is 5.69 Å². The summed E-state index contributed by atoms with van der Waals surface area (Å²) in [5.41, 5.74) is 0.255. The number of para-hydroxylation sites is 1. The molecule has 2 heterocycles. The molecule has 9 nitrogen and oxygen atoms in total. The van der Waals surface area contributed by atoms with E-state index in [0.29, 0.717) is 31.1 Å². The number of aryl methyl sites for hydroxylation is 2. The maximum Gasteiger partial charge on any atom is 0.345 e. The second-order valence-electron chi connectivity index (χ2n) is 7.75. The second-order valence-corrected chi connectivity index (χ2v) is 9.86. The van der Waals surface area contributed by atoms with Crippen molar-refractivity contribution >= 4 is 33.2 Å². The third-order valence-corrected chi connectivity index (χ3v) is 7.04. The zero-order valence-corrected chi connectivity index (χ0v) is 19.4. The van der Waals surface area contributed by atoms with E-state index in [4.69, 9.17) is 11.6 Å². The Bertz CT molecular complexity index is 1320. The lowest BCUT2D eigenvalue weighted by Gasteiger charge is -2.13. The molecule has 2 aromatic carbocycles. The molecule has 174 valence electrons. The van der Waals surface area contributed by atoms with E-state index in [1.807, 2.05) is 0 Å². The number of fused-ring (bicyclic) bond motifs is 1. The minimum absolute atomic E-state index is 0.0373. The molecule has 0 radical (unpaired) electrons. The van der Waals surface area contributed by atoms with Gasteiger partial charge in [-0.2, -0.15) is 5.10 Å². The molecule has 0 atom stereocenters. The third kappa shape index (κ3) is 5.28. The number of nitrogens with one attached hydrogen (secondary N) is 2. The molecule has 0 saturated heterocycles. The number of sulfonamides is 1. The molecule has 0 spiro atoms. The smallest absolute Gasteiger partial charge is 0.345 e. The van der Waals surface area contributed by atoms with Gasteiger partial charge in [0.15, 0.2) is 0 Å². The van der Waals surface area contributed by atoms with Gasteiger partial charge in [-0.15, -0.1) is 0 Å². The Morgan fingerprint density at radius 2 is 1.85 bits per heavy atom. The summed E-state index contributed by atoms with van der Waals surface area (Å²) in [6.07, 6.45) is 3.34. The van der Waals surface area contributed by atoms with Crippen LogP contribution in [0.2, 0.25) is 5.02 Å². The molecule has 0 aliphatic carbocycles. The van der Waals surface area contributed by atoms with E-state index >= 15 is 0 Å². The maximum atomic E-state index is 12.7. The molecule has 0 saturated carbocycles. The zero-order valence-electron chi connectivity index (χ0n) is 17.8. The van der Waals surface area contributed by atoms with Crippen LogP contribution in [-0.2, 0) is 29.5 Å². The highest BCUT2D eigenvalue weighted by molar-refractivity contribution is 7.92. The SMILES string of the molecule is O=C(NCCCn1nc2n(c1=O)CCCC2)c1ccccc1NS(=O)(=O)c1ccc(Cl)cc1. The number of hydrogen-bond acceptors (Lipinski definition) is 5. The summed E-state index contributed by atoms with van der Waals surface area (Å²) in [5.74, 6) is 0.401. The van der Waals surface area contributed by atoms with E-state index < -0.39 is 15.9 Å². The number of halogens is 1. The zero-order chi connectivity index (χ0) is 23.4. The van der Waals surface area contributed by atoms with Gasteiger partial charge in [0.2, 0.25) is 0 Å². The van der Waals surface area contributed by atoms with Crippen molar-refractivity contribution in [2.24, 2.45) is 0 Å². The van der Waals surface area contributed by atoms with E-state index in [1.54, 1.807) is 22.8 Å². The van der Waals surface area contributed by atoms with Gasteiger partial charge in [0.25, 0.3) is 15.9 Å². The number of nitrogens with zero attached hydrogens (tertiary/aromatic N) is 3. The molecule has 0 bridgehead atoms. The first-order valence-electron chi connectivity index (χ1n) is 10.7. The summed E-state index contributed by atoms with van der Waals surface area (Å²) in [7, 11) is -3.89. The van der Waals surface area contributed by atoms with Crippen molar-refractivity contribution in [3.63, 3.8) is 0 Å². The maximum absolute atomic E-state index is 12.7. The average molecular weight is 490 g/mol. The van der Waals surface area contributed by atoms with Crippen LogP contribution < -0.4 is 15.7 Å². The van der Waals surface area contributed by atoms with Crippen LogP contribution in [0, 0.1) is 0 Å². The van der Waals surface area contributed by atoms with Gasteiger partial charge >= 0.3 is 5.69 Å². The van der Waals surface area contributed by atoms with E-state index in [9.17, 15) is 18.0 Å². The predicted octanol–water partition coefficient (Wildman–Crippen LogP) is 2.66. The Morgan fingerprint density at radius 1 is 1.09 bits per heavy atom. The molecule has 1 aromatic heterocycles. The first kappa shape index (κ1) is 23.1. The molecule has 1 amide bonds. The summed E-state index contributed by atoms with van der Waals surface area (Å²) >= 11 is 5.83. The lowest BCUT2D eigenvalue weighted by molar-refractivity contribution is 0.0953. The fourth-order valence-electron chi connectivity index (χ4n) is 3.71. The standard InChI is InChI=1S/C22H24ClN5O4S/c23-16-9-11-17(12-10-16)33(31,32)26-19-7-2-1-6-18(19)21(29)24-13-5-15-28-22(30)27-14-4-3-8-20(27)25-28/h1-2,6-7,9-12,26H,3-5,8,13-15H2,(H,24,29). The number of carbonyl (C=O) groups excluding carboxylic acids is 1. The Labute approximate surface area is 196 Å². The van der Waals surface area contributed by atoms with Crippen molar-refractivity contribution in [3.8, 4) is 0 Å². The number of anilines is 1. The number of rotatable bonds is 8. The Morgan fingerprint density at radius 3 is 2.61 bits per heavy atom. The highest BCUT2D eigenvalue weighted by Crippen LogP contribution is 2.21. The van der Waals surface area contributed by atoms with Gasteiger partial charge in [0.05, 0.1) is 16.1 Å². The Kier molecular flexibility index (Phi) is 6.85. The van der Waals surface area contributed by atoms with Crippen molar-refractivity contribution in [3.05, 3.63) is 75.4 Å². The molecule has 1 aliphatic rings. The number of aromatic nitrogens is 3. The highest BCUT2D eigenvalue weighted by atomic mass is 35.5. The van der Waals surface area contributed by atoms with E-state index in [0.717, 1.165) is 25.1 Å². The number of amides is 1. The fourth-order valence-corrected chi connectivity index (χ4v) is 4.91. The van der Waals surface area contributed by atoms with E-state index in [1.165, 1.54) is 35.0 Å². The van der Waals surface area contributed by atoms with Crippen molar-refractivity contribution in [1.29, 1.82) is 0 Å². The molecule has 11 heteroatoms. The summed E-state index contributed by atoms with van der Waals surface area (Å²) in [6.45, 7) is 1.41. The van der Waals surface area contributed by atoms with Gasteiger partial charge in [0.1, 0.15) is 5.82 Å². The largest absolute Gasteiger partial charge is 0.352 e. The van der Waals surface area contributed by atoms with Crippen LogP contribution in [0.5, 0.6) is 0 Å². The molecule has 0 fully saturated rings. The normalized spacial score (nSPS) is 13.4. The van der Waals surface area contributed by atoms with Gasteiger partial charge < -0.3 is 5.32 Å². The topological polar surface area (TPSA) is 115 Å². The van der Waals surface area contributed by atoms with Gasteiger partial charge in [-0.3, -0.25) is 14.1 Å². The monoisotopic (exact) mass is 489 g/mol. The molecule has 4 rings (SSSR count). The molecule has 0 unspecified atom stereocenters. The number of hydrogen-bond donors (Lipinski definition) is 2. The first-order chi connectivity index (χ1) is 15.8. The summed E-state index contributed by atoms with van der Waals surface area (Å²) in [6, 6.07) is 12.1. The minimum Gasteiger partial charge on any atom is -0.352 e. The molecular formula is C22H24ClN5O4S. The lowest BCUT2D eigenvalue weighted by atomic mass is 10.1. The molecule has 33 heavy (non-hydrogen) atoms. The van der Waals surface area contributed by atoms with Gasteiger partial charge in [-0.25, -0.2) is 17.9 Å². The number of benzene rings is 2. The number of carbonyl (C=O) groups is 1. The second kappa shape index (κ2) is 9.80. The van der Waals surface area contributed by atoms with E-state index in [-0.39, 0.29) is 21.8 Å². The van der Waals surface area contributed by atoms with E-state index in [2.05, 4.69) is 15.1 Å². The van der Waals surface area contributed by atoms with Gasteiger partial charge in [0, 0.05) is 31.1 Å². The molecule has 2 N–H and O–H groups in total. The fraction of sp³-hybridized carbons (Fsp3) is 0.318. The molecular weight excluding hydrogens is 466 g/mol. The van der Waals surface area contributed by atoms with Gasteiger partial charge in [-0.1, -0.05) is 23.7 Å². The van der Waals surface area contributed by atoms with Crippen molar-refractivity contribution in [2.45, 2.75) is 43.7 Å². The highest BCUT2D eigenvalue weighted by Gasteiger charge is 2.19. The minimum atomic E-state index is -3.89. The first-order valence-corrected chi connectivity index (χ1v) is 12.5. The van der Waals surface area contributed by atoms with Crippen LogP contribution in [0.25, 0.3) is 0 Å². The van der Waals surface area contributed by atoms with Crippen LogP contribution in [0.1, 0.15) is 35.4 Å². The van der Waals surface area contributed by atoms with Crippen LogP contribution in [-0.4, -0.2) is 35.2 Å². The third-order valence-electron chi connectivity index (χ3n) is 5.40. The Balaban J connectivity index is 1.38. The lowest BCUT2D eigenvalue weighted by Crippen LogP contribution is -2.29. The summed E-state index contributed by atoms with van der Waals surface area (Å²) < 4.78 is 31.0. The van der Waals surface area contributed by atoms with Crippen LogP contribution >= 0.6 is 11.6 Å². The van der Waals surface area contributed by atoms with Crippen molar-refractivity contribution in [2.75, 3.05) is 11.3 Å². The predicted molar refractivity (Wildman–Crippen MR) is 125 cm³/mol. The molecule has 3 aromatic rings. The Hall–Kier alpha value is -3.11. The average Bonchev–Trinajstić information content (AvgIpc) is 3.12. The summed E-state index contributed by atoms with van der Waals surface area (Å²) in [5, 5.41) is 7.59. The quantitative estimate of drug-likeness (QED) is 0.472. The van der Waals surface area contributed by atoms with Crippen LogP contribution in [0.15, 0.2) is 58.2 Å². The van der Waals surface area contributed by atoms with Gasteiger partial charge in [-0.05, 0) is 55.7 Å². The van der Waals surface area contributed by atoms with Crippen molar-refractivity contribution in [1.82, 2.24) is 19.7 Å².